The van der Waals surface area contributed by atoms with Gasteiger partial charge in [0.05, 0.1) is 5.92 Å². The number of hydrogen-bond acceptors (Lipinski definition) is 5. The van der Waals surface area contributed by atoms with E-state index < -0.39 is 0 Å². The summed E-state index contributed by atoms with van der Waals surface area (Å²) in [5.74, 6) is 2.47. The second-order valence-corrected chi connectivity index (χ2v) is 4.34. The van der Waals surface area contributed by atoms with Crippen molar-refractivity contribution >= 4 is 12.4 Å². The van der Waals surface area contributed by atoms with Gasteiger partial charge in [0.25, 0.3) is 0 Å². The maximum absolute atomic E-state index is 5.57. The Kier molecular flexibility index (Phi) is 4.76. The summed E-state index contributed by atoms with van der Waals surface area (Å²) in [6.45, 7) is 2.28. The van der Waals surface area contributed by atoms with Gasteiger partial charge in [-0.25, -0.2) is 0 Å². The number of nitrogens with one attached hydrogen (secondary N) is 1. The zero-order valence-corrected chi connectivity index (χ0v) is 11.2. The maximum Gasteiger partial charge on any atom is 0.231 e. The number of aromatic nitrogens is 2. The SMILES string of the molecule is Cl.c1ccc(OCc2noc([C@H]3CCNC3)n2)cc1. The molecule has 1 aliphatic rings. The molecule has 2 heterocycles. The molecule has 1 fully saturated rings. The molecule has 1 saturated heterocycles. The predicted octanol–water partition coefficient (Wildman–Crippen LogP) is 2.15. The van der Waals surface area contributed by atoms with Crippen LogP contribution >= 0.6 is 12.4 Å². The van der Waals surface area contributed by atoms with E-state index in [1.54, 1.807) is 0 Å². The van der Waals surface area contributed by atoms with Gasteiger partial charge in [0.2, 0.25) is 11.7 Å². The fourth-order valence-electron chi connectivity index (χ4n) is 2.02. The molecule has 5 nitrogen and oxygen atoms in total. The smallest absolute Gasteiger partial charge is 0.231 e. The first kappa shape index (κ1) is 13.8. The van der Waals surface area contributed by atoms with Gasteiger partial charge in [-0.05, 0) is 25.1 Å². The quantitative estimate of drug-likeness (QED) is 0.930. The minimum absolute atomic E-state index is 0. The van der Waals surface area contributed by atoms with Crippen LogP contribution in [0.3, 0.4) is 0 Å². The van der Waals surface area contributed by atoms with E-state index in [4.69, 9.17) is 9.26 Å². The Morgan fingerprint density at radius 3 is 2.89 bits per heavy atom. The van der Waals surface area contributed by atoms with Crippen LogP contribution in [0.5, 0.6) is 5.75 Å². The molecule has 3 rings (SSSR count). The van der Waals surface area contributed by atoms with E-state index in [9.17, 15) is 0 Å². The van der Waals surface area contributed by atoms with Gasteiger partial charge in [-0.3, -0.25) is 0 Å². The number of rotatable bonds is 4. The van der Waals surface area contributed by atoms with Crippen molar-refractivity contribution in [1.29, 1.82) is 0 Å². The summed E-state index contributed by atoms with van der Waals surface area (Å²) in [5.41, 5.74) is 0. The van der Waals surface area contributed by atoms with E-state index in [1.165, 1.54) is 0 Å². The Bertz CT molecular complexity index is 498. The van der Waals surface area contributed by atoms with Gasteiger partial charge in [-0.1, -0.05) is 23.4 Å². The zero-order valence-electron chi connectivity index (χ0n) is 10.4. The highest BCUT2D eigenvalue weighted by Gasteiger charge is 2.22. The number of hydrogen-bond donors (Lipinski definition) is 1. The summed E-state index contributed by atoms with van der Waals surface area (Å²) >= 11 is 0. The van der Waals surface area contributed by atoms with E-state index in [2.05, 4.69) is 15.5 Å². The minimum atomic E-state index is 0. The normalized spacial score (nSPS) is 18.0. The third-order valence-corrected chi connectivity index (χ3v) is 3.00. The molecule has 0 unspecified atom stereocenters. The number of benzene rings is 1. The van der Waals surface area contributed by atoms with E-state index in [0.29, 0.717) is 24.2 Å². The number of nitrogens with zero attached hydrogens (tertiary/aromatic N) is 2. The molecule has 0 amide bonds. The highest BCUT2D eigenvalue weighted by Crippen LogP contribution is 2.20. The van der Waals surface area contributed by atoms with Crippen LogP contribution in [0.25, 0.3) is 0 Å². The summed E-state index contributed by atoms with van der Waals surface area (Å²) in [7, 11) is 0. The van der Waals surface area contributed by atoms with Crippen LogP contribution < -0.4 is 10.1 Å². The maximum atomic E-state index is 5.57. The van der Waals surface area contributed by atoms with Crippen LogP contribution in [0, 0.1) is 0 Å². The largest absolute Gasteiger partial charge is 0.485 e. The zero-order chi connectivity index (χ0) is 12.2. The number of para-hydroxylation sites is 1. The van der Waals surface area contributed by atoms with Crippen LogP contribution in [0.4, 0.5) is 0 Å². The fourth-order valence-corrected chi connectivity index (χ4v) is 2.02. The van der Waals surface area contributed by atoms with Gasteiger partial charge in [0.1, 0.15) is 5.75 Å². The van der Waals surface area contributed by atoms with Crippen LogP contribution in [-0.2, 0) is 6.61 Å². The lowest BCUT2D eigenvalue weighted by atomic mass is 10.1. The van der Waals surface area contributed by atoms with Crippen LogP contribution in [0.15, 0.2) is 34.9 Å². The lowest BCUT2D eigenvalue weighted by molar-refractivity contribution is 0.284. The third kappa shape index (κ3) is 3.45. The lowest BCUT2D eigenvalue weighted by Gasteiger charge is -2.01. The molecule has 1 N–H and O–H groups in total. The molecule has 19 heavy (non-hydrogen) atoms. The summed E-state index contributed by atoms with van der Waals surface area (Å²) in [5, 5.41) is 7.22. The van der Waals surface area contributed by atoms with Crippen molar-refractivity contribution in [3.05, 3.63) is 42.0 Å². The summed E-state index contributed by atoms with van der Waals surface area (Å²) < 4.78 is 10.8. The molecule has 1 aliphatic heterocycles. The van der Waals surface area contributed by atoms with Crippen molar-refractivity contribution in [1.82, 2.24) is 15.5 Å². The average Bonchev–Trinajstić information content (AvgIpc) is 3.08. The van der Waals surface area contributed by atoms with Crippen molar-refractivity contribution in [2.24, 2.45) is 0 Å². The van der Waals surface area contributed by atoms with Crippen LogP contribution in [0.1, 0.15) is 24.1 Å². The van der Waals surface area contributed by atoms with Crippen molar-refractivity contribution < 1.29 is 9.26 Å². The molecular formula is C13H16ClN3O2. The molecule has 0 radical (unpaired) electrons. The summed E-state index contributed by atoms with van der Waals surface area (Å²) in [4.78, 5) is 4.36. The Hall–Kier alpha value is -1.59. The van der Waals surface area contributed by atoms with Crippen molar-refractivity contribution in [2.45, 2.75) is 18.9 Å². The number of ether oxygens (including phenoxy) is 1. The molecular weight excluding hydrogens is 266 g/mol. The van der Waals surface area contributed by atoms with Crippen molar-refractivity contribution in [2.75, 3.05) is 13.1 Å². The molecule has 0 aliphatic carbocycles. The lowest BCUT2D eigenvalue weighted by Crippen LogP contribution is -2.08. The van der Waals surface area contributed by atoms with Crippen molar-refractivity contribution in [3.8, 4) is 5.75 Å². The molecule has 1 atom stereocenters. The standard InChI is InChI=1S/C13H15N3O2.ClH/c1-2-4-11(5-3-1)17-9-12-15-13(18-16-12)10-6-7-14-8-10;/h1-5,10,14H,6-9H2;1H/t10-;/m0./s1. The van der Waals surface area contributed by atoms with Gasteiger partial charge in [0, 0.05) is 6.54 Å². The molecule has 1 aromatic carbocycles. The highest BCUT2D eigenvalue weighted by atomic mass is 35.5. The monoisotopic (exact) mass is 281 g/mol. The van der Waals surface area contributed by atoms with E-state index in [1.807, 2.05) is 30.3 Å². The first-order valence-corrected chi connectivity index (χ1v) is 6.13. The molecule has 0 saturated carbocycles. The predicted molar refractivity (Wildman–Crippen MR) is 72.5 cm³/mol. The molecule has 0 spiro atoms. The second kappa shape index (κ2) is 6.54. The molecule has 2 aromatic rings. The first-order chi connectivity index (χ1) is 8.92. The van der Waals surface area contributed by atoms with Gasteiger partial charge in [-0.2, -0.15) is 4.98 Å². The van der Waals surface area contributed by atoms with E-state index in [0.717, 1.165) is 25.3 Å². The molecule has 102 valence electrons. The van der Waals surface area contributed by atoms with E-state index >= 15 is 0 Å². The van der Waals surface area contributed by atoms with Gasteiger partial charge in [0.15, 0.2) is 6.61 Å². The molecule has 1 aromatic heterocycles. The fraction of sp³-hybridized carbons (Fsp3) is 0.385. The van der Waals surface area contributed by atoms with E-state index in [-0.39, 0.29) is 12.4 Å². The Morgan fingerprint density at radius 2 is 2.16 bits per heavy atom. The third-order valence-electron chi connectivity index (χ3n) is 3.00. The van der Waals surface area contributed by atoms with Gasteiger partial charge >= 0.3 is 0 Å². The van der Waals surface area contributed by atoms with Crippen LogP contribution in [0.2, 0.25) is 0 Å². The Balaban J connectivity index is 0.00000133. The summed E-state index contributed by atoms with van der Waals surface area (Å²) in [6.07, 6.45) is 1.06. The molecule has 6 heteroatoms. The Morgan fingerprint density at radius 1 is 1.32 bits per heavy atom. The number of halogens is 1. The first-order valence-electron chi connectivity index (χ1n) is 6.13. The average molecular weight is 282 g/mol. The highest BCUT2D eigenvalue weighted by molar-refractivity contribution is 5.85. The topological polar surface area (TPSA) is 60.2 Å². The van der Waals surface area contributed by atoms with Crippen molar-refractivity contribution in [3.63, 3.8) is 0 Å². The van der Waals surface area contributed by atoms with Gasteiger partial charge < -0.3 is 14.6 Å². The van der Waals surface area contributed by atoms with Gasteiger partial charge in [-0.15, -0.1) is 12.4 Å². The van der Waals surface area contributed by atoms with Crippen LogP contribution in [-0.4, -0.2) is 23.2 Å². The second-order valence-electron chi connectivity index (χ2n) is 4.34. The minimum Gasteiger partial charge on any atom is -0.485 e. The molecule has 0 bridgehead atoms. The Labute approximate surface area is 117 Å². The summed E-state index contributed by atoms with van der Waals surface area (Å²) in [6, 6.07) is 9.62.